The SMILES string of the molecule is Cc1cccc(CN(C)C(=O)NC(C)CCCC(=O)O)n1. The maximum absolute atomic E-state index is 12.0. The Hall–Kier alpha value is -2.11. The molecule has 0 saturated heterocycles. The van der Waals surface area contributed by atoms with Crippen LogP contribution in [0.1, 0.15) is 37.6 Å². The quantitative estimate of drug-likeness (QED) is 0.807. The highest BCUT2D eigenvalue weighted by Crippen LogP contribution is 2.04. The van der Waals surface area contributed by atoms with Crippen LogP contribution in [0.15, 0.2) is 18.2 Å². The molecule has 6 heteroatoms. The Balaban J connectivity index is 2.38. The van der Waals surface area contributed by atoms with Gasteiger partial charge in [-0.25, -0.2) is 4.79 Å². The van der Waals surface area contributed by atoms with Crippen LogP contribution in [-0.4, -0.2) is 40.1 Å². The summed E-state index contributed by atoms with van der Waals surface area (Å²) in [6, 6.07) is 5.48. The van der Waals surface area contributed by atoms with Gasteiger partial charge < -0.3 is 15.3 Å². The van der Waals surface area contributed by atoms with Crippen molar-refractivity contribution in [3.8, 4) is 0 Å². The third-order valence-electron chi connectivity index (χ3n) is 3.09. The number of carbonyl (C=O) groups is 2. The van der Waals surface area contributed by atoms with Crippen molar-refractivity contribution in [2.45, 2.75) is 45.7 Å². The maximum atomic E-state index is 12.0. The molecule has 1 unspecified atom stereocenters. The van der Waals surface area contributed by atoms with E-state index in [2.05, 4.69) is 10.3 Å². The molecule has 2 N–H and O–H groups in total. The van der Waals surface area contributed by atoms with E-state index in [1.165, 1.54) is 0 Å². The second kappa shape index (κ2) is 8.24. The Kier molecular flexibility index (Phi) is 6.65. The molecule has 21 heavy (non-hydrogen) atoms. The highest BCUT2D eigenvalue weighted by atomic mass is 16.4. The topological polar surface area (TPSA) is 82.5 Å². The summed E-state index contributed by atoms with van der Waals surface area (Å²) in [5.74, 6) is -0.809. The summed E-state index contributed by atoms with van der Waals surface area (Å²) in [7, 11) is 1.71. The van der Waals surface area contributed by atoms with Gasteiger partial charge in [0.15, 0.2) is 0 Å². The molecule has 1 heterocycles. The Bertz CT molecular complexity index is 491. The van der Waals surface area contributed by atoms with Crippen molar-refractivity contribution in [1.29, 1.82) is 0 Å². The van der Waals surface area contributed by atoms with Gasteiger partial charge in [0.05, 0.1) is 12.2 Å². The Labute approximate surface area is 125 Å². The smallest absolute Gasteiger partial charge is 0.317 e. The summed E-state index contributed by atoms with van der Waals surface area (Å²) in [5, 5.41) is 11.4. The third-order valence-corrected chi connectivity index (χ3v) is 3.09. The number of urea groups is 1. The predicted molar refractivity (Wildman–Crippen MR) is 79.9 cm³/mol. The lowest BCUT2D eigenvalue weighted by Crippen LogP contribution is -2.41. The molecule has 116 valence electrons. The van der Waals surface area contributed by atoms with Crippen LogP contribution in [0.25, 0.3) is 0 Å². The van der Waals surface area contributed by atoms with Crippen molar-refractivity contribution in [2.75, 3.05) is 7.05 Å². The monoisotopic (exact) mass is 293 g/mol. The first-order valence-corrected chi connectivity index (χ1v) is 7.04. The molecule has 0 radical (unpaired) electrons. The molecule has 0 fully saturated rings. The van der Waals surface area contributed by atoms with E-state index in [0.717, 1.165) is 11.4 Å². The van der Waals surface area contributed by atoms with Crippen LogP contribution in [0, 0.1) is 6.92 Å². The summed E-state index contributed by atoms with van der Waals surface area (Å²) in [4.78, 5) is 28.4. The molecule has 1 atom stereocenters. The van der Waals surface area contributed by atoms with Crippen molar-refractivity contribution in [3.05, 3.63) is 29.6 Å². The normalized spacial score (nSPS) is 11.8. The molecule has 6 nitrogen and oxygen atoms in total. The van der Waals surface area contributed by atoms with Crippen LogP contribution in [0.4, 0.5) is 4.79 Å². The van der Waals surface area contributed by atoms with Crippen LogP contribution in [-0.2, 0) is 11.3 Å². The molecule has 1 aromatic heterocycles. The first-order valence-electron chi connectivity index (χ1n) is 7.04. The van der Waals surface area contributed by atoms with E-state index in [4.69, 9.17) is 5.11 Å². The molecular weight excluding hydrogens is 270 g/mol. The lowest BCUT2D eigenvalue weighted by molar-refractivity contribution is -0.137. The van der Waals surface area contributed by atoms with E-state index >= 15 is 0 Å². The average Bonchev–Trinajstić information content (AvgIpc) is 2.38. The summed E-state index contributed by atoms with van der Waals surface area (Å²) in [5.41, 5.74) is 1.76. The number of carboxylic acid groups (broad SMARTS) is 1. The van der Waals surface area contributed by atoms with Gasteiger partial charge in [-0.15, -0.1) is 0 Å². The van der Waals surface area contributed by atoms with E-state index in [1.807, 2.05) is 32.0 Å². The second-order valence-electron chi connectivity index (χ2n) is 5.26. The van der Waals surface area contributed by atoms with Crippen molar-refractivity contribution in [1.82, 2.24) is 15.2 Å². The van der Waals surface area contributed by atoms with Gasteiger partial charge in [-0.05, 0) is 38.8 Å². The summed E-state index contributed by atoms with van der Waals surface area (Å²) in [6.45, 7) is 4.22. The molecule has 0 aliphatic rings. The molecule has 0 spiro atoms. The lowest BCUT2D eigenvalue weighted by atomic mass is 10.1. The Morgan fingerprint density at radius 1 is 1.43 bits per heavy atom. The fraction of sp³-hybridized carbons (Fsp3) is 0.533. The number of aryl methyl sites for hydroxylation is 1. The van der Waals surface area contributed by atoms with Crippen LogP contribution >= 0.6 is 0 Å². The minimum Gasteiger partial charge on any atom is -0.481 e. The highest BCUT2D eigenvalue weighted by Gasteiger charge is 2.13. The fourth-order valence-corrected chi connectivity index (χ4v) is 1.95. The standard InChI is InChI=1S/C15H23N3O3/c1-11-6-4-8-13(16-11)10-18(3)15(21)17-12(2)7-5-9-14(19)20/h4,6,8,12H,5,7,9-10H2,1-3H3,(H,17,21)(H,19,20). The number of carboxylic acids is 1. The van der Waals surface area contributed by atoms with E-state index in [0.29, 0.717) is 19.4 Å². The zero-order chi connectivity index (χ0) is 15.8. The molecule has 0 saturated carbocycles. The number of amides is 2. The average molecular weight is 293 g/mol. The van der Waals surface area contributed by atoms with Crippen molar-refractivity contribution in [3.63, 3.8) is 0 Å². The number of carbonyl (C=O) groups excluding carboxylic acids is 1. The Morgan fingerprint density at radius 3 is 2.76 bits per heavy atom. The zero-order valence-corrected chi connectivity index (χ0v) is 12.8. The van der Waals surface area contributed by atoms with Gasteiger partial charge in [-0.3, -0.25) is 9.78 Å². The minimum atomic E-state index is -0.809. The second-order valence-corrected chi connectivity index (χ2v) is 5.26. The van der Waals surface area contributed by atoms with E-state index in [9.17, 15) is 9.59 Å². The van der Waals surface area contributed by atoms with Crippen molar-refractivity contribution >= 4 is 12.0 Å². The van der Waals surface area contributed by atoms with Crippen molar-refractivity contribution < 1.29 is 14.7 Å². The number of nitrogens with zero attached hydrogens (tertiary/aromatic N) is 2. The molecule has 0 bridgehead atoms. The summed E-state index contributed by atoms with van der Waals surface area (Å²) >= 11 is 0. The first-order chi connectivity index (χ1) is 9.88. The van der Waals surface area contributed by atoms with Crippen molar-refractivity contribution in [2.24, 2.45) is 0 Å². The van der Waals surface area contributed by atoms with Crippen LogP contribution in [0.5, 0.6) is 0 Å². The number of hydrogen-bond donors (Lipinski definition) is 2. The minimum absolute atomic E-state index is 0.0511. The molecule has 1 rings (SSSR count). The van der Waals surface area contributed by atoms with Gasteiger partial charge in [-0.1, -0.05) is 6.07 Å². The summed E-state index contributed by atoms with van der Waals surface area (Å²) < 4.78 is 0. The molecule has 0 aliphatic heterocycles. The van der Waals surface area contributed by atoms with E-state index in [1.54, 1.807) is 11.9 Å². The van der Waals surface area contributed by atoms with E-state index < -0.39 is 5.97 Å². The van der Waals surface area contributed by atoms with Crippen LogP contribution in [0.2, 0.25) is 0 Å². The van der Waals surface area contributed by atoms with Gasteiger partial charge in [0.1, 0.15) is 0 Å². The van der Waals surface area contributed by atoms with Gasteiger partial charge in [0.2, 0.25) is 0 Å². The van der Waals surface area contributed by atoms with Crippen LogP contribution < -0.4 is 5.32 Å². The van der Waals surface area contributed by atoms with Gasteiger partial charge in [-0.2, -0.15) is 0 Å². The molecular formula is C15H23N3O3. The van der Waals surface area contributed by atoms with Crippen LogP contribution in [0.3, 0.4) is 0 Å². The number of pyridine rings is 1. The maximum Gasteiger partial charge on any atom is 0.317 e. The van der Waals surface area contributed by atoms with Gasteiger partial charge in [0, 0.05) is 25.2 Å². The predicted octanol–water partition coefficient (Wildman–Crippen LogP) is 2.17. The summed E-state index contributed by atoms with van der Waals surface area (Å²) in [6.07, 6.45) is 1.33. The largest absolute Gasteiger partial charge is 0.481 e. The van der Waals surface area contributed by atoms with Gasteiger partial charge in [0.25, 0.3) is 0 Å². The zero-order valence-electron chi connectivity index (χ0n) is 12.8. The lowest BCUT2D eigenvalue weighted by Gasteiger charge is -2.21. The number of aromatic nitrogens is 1. The van der Waals surface area contributed by atoms with Gasteiger partial charge >= 0.3 is 12.0 Å². The highest BCUT2D eigenvalue weighted by molar-refractivity contribution is 5.74. The first kappa shape index (κ1) is 16.9. The fourth-order valence-electron chi connectivity index (χ4n) is 1.95. The molecule has 0 aliphatic carbocycles. The molecule has 0 aromatic carbocycles. The molecule has 1 aromatic rings. The number of aliphatic carboxylic acids is 1. The number of rotatable bonds is 7. The van der Waals surface area contributed by atoms with E-state index in [-0.39, 0.29) is 18.5 Å². The third kappa shape index (κ3) is 6.74. The Morgan fingerprint density at radius 2 is 2.14 bits per heavy atom. The molecule has 2 amide bonds. The number of nitrogens with one attached hydrogen (secondary N) is 1. The number of hydrogen-bond acceptors (Lipinski definition) is 3.